The standard InChI is InChI=1S/C31H26F5N5O3/c1-4-12-44-19-9-10-20(22(13-19)31(34,35)36)24-11-8-18(14-37-24)30(17(2)3,29(42)43)41-16-26-25(15-38-41)39-28(40-26)21-6-5-7-23(32)27(21)33/h5-11,13-17H,4,12H2,1-3H3,(H,42,43). The van der Waals surface area contributed by atoms with Gasteiger partial charge in [-0.25, -0.2) is 28.2 Å². The second-order valence-corrected chi connectivity index (χ2v) is 10.3. The van der Waals surface area contributed by atoms with Crippen LogP contribution in [0.3, 0.4) is 0 Å². The van der Waals surface area contributed by atoms with Gasteiger partial charge in [0.25, 0.3) is 0 Å². The SMILES string of the molecule is CCCOc1ccc(-c2ccc(C(C(=O)O)(C(C)C)n3cc4nc(-c5cccc(F)c5F)nc-4cn3)cn2)c(C(F)(F)F)c1. The van der Waals surface area contributed by atoms with Gasteiger partial charge >= 0.3 is 12.1 Å². The molecule has 8 nitrogen and oxygen atoms in total. The third-order valence-corrected chi connectivity index (χ3v) is 7.23. The summed E-state index contributed by atoms with van der Waals surface area (Å²) in [6.07, 6.45) is -0.302. The van der Waals surface area contributed by atoms with Crippen molar-refractivity contribution >= 4 is 5.97 Å². The molecule has 13 heteroatoms. The molecule has 44 heavy (non-hydrogen) atoms. The van der Waals surface area contributed by atoms with Crippen LogP contribution < -0.4 is 4.74 Å². The summed E-state index contributed by atoms with van der Waals surface area (Å²) in [5.41, 5.74) is -2.72. The first-order valence-electron chi connectivity index (χ1n) is 13.6. The van der Waals surface area contributed by atoms with Crippen molar-refractivity contribution in [3.05, 3.63) is 89.9 Å². The van der Waals surface area contributed by atoms with Crippen molar-refractivity contribution in [1.82, 2.24) is 24.7 Å². The van der Waals surface area contributed by atoms with Crippen LogP contribution in [0.1, 0.15) is 38.3 Å². The van der Waals surface area contributed by atoms with E-state index < -0.39 is 40.8 Å². The second-order valence-electron chi connectivity index (χ2n) is 10.3. The first kappa shape index (κ1) is 30.5. The molecule has 3 aromatic rings. The summed E-state index contributed by atoms with van der Waals surface area (Å²) in [5, 5.41) is 14.9. The second kappa shape index (κ2) is 11.6. The van der Waals surface area contributed by atoms with Crippen molar-refractivity contribution in [3.63, 3.8) is 0 Å². The molecule has 0 aliphatic carbocycles. The van der Waals surface area contributed by atoms with Crippen molar-refractivity contribution in [2.75, 3.05) is 6.61 Å². The Morgan fingerprint density at radius 1 is 0.977 bits per heavy atom. The summed E-state index contributed by atoms with van der Waals surface area (Å²) in [6, 6.07) is 9.89. The number of hydrogen-bond donors (Lipinski definition) is 1. The molecule has 0 amide bonds. The van der Waals surface area contributed by atoms with E-state index in [9.17, 15) is 31.9 Å². The number of alkyl halides is 3. The molecule has 1 unspecified atom stereocenters. The van der Waals surface area contributed by atoms with Crippen LogP contribution in [0, 0.1) is 17.6 Å². The van der Waals surface area contributed by atoms with Gasteiger partial charge in [-0.2, -0.15) is 18.3 Å². The number of aromatic nitrogens is 5. The number of carbonyl (C=O) groups is 1. The maximum atomic E-state index is 14.4. The highest BCUT2D eigenvalue weighted by molar-refractivity contribution is 5.82. The van der Waals surface area contributed by atoms with Crippen LogP contribution in [0.2, 0.25) is 0 Å². The van der Waals surface area contributed by atoms with E-state index in [1.54, 1.807) is 13.8 Å². The number of rotatable bonds is 9. The van der Waals surface area contributed by atoms with Crippen molar-refractivity contribution in [2.24, 2.45) is 5.92 Å². The van der Waals surface area contributed by atoms with Crippen LogP contribution in [-0.4, -0.2) is 42.4 Å². The quantitative estimate of drug-likeness (QED) is 0.178. The Balaban J connectivity index is 1.59. The molecule has 0 saturated heterocycles. The number of benzene rings is 2. The van der Waals surface area contributed by atoms with Gasteiger partial charge < -0.3 is 9.84 Å². The minimum absolute atomic E-state index is 0.0248. The lowest BCUT2D eigenvalue weighted by Crippen LogP contribution is -2.48. The van der Waals surface area contributed by atoms with Gasteiger partial charge in [-0.05, 0) is 48.7 Å². The number of aliphatic carboxylic acids is 1. The van der Waals surface area contributed by atoms with E-state index in [1.165, 1.54) is 55.0 Å². The summed E-state index contributed by atoms with van der Waals surface area (Å²) in [5.74, 6) is -4.22. The molecule has 2 aromatic carbocycles. The molecule has 228 valence electrons. The molecule has 0 bridgehead atoms. The average molecular weight is 612 g/mol. The van der Waals surface area contributed by atoms with Crippen LogP contribution >= 0.6 is 0 Å². The van der Waals surface area contributed by atoms with E-state index in [0.717, 1.165) is 16.8 Å². The number of pyridine rings is 1. The van der Waals surface area contributed by atoms with Gasteiger partial charge in [0.15, 0.2) is 23.0 Å². The van der Waals surface area contributed by atoms with Crippen molar-refractivity contribution in [2.45, 2.75) is 38.9 Å². The van der Waals surface area contributed by atoms with Gasteiger partial charge in [-0.1, -0.05) is 32.9 Å². The Hall–Kier alpha value is -4.94. The molecule has 0 spiro atoms. The highest BCUT2D eigenvalue weighted by Crippen LogP contribution is 2.40. The van der Waals surface area contributed by atoms with E-state index in [2.05, 4.69) is 20.1 Å². The predicted octanol–water partition coefficient (Wildman–Crippen LogP) is 7.08. The lowest BCUT2D eigenvalue weighted by molar-refractivity contribution is -0.148. The van der Waals surface area contributed by atoms with Crippen LogP contribution in [0.15, 0.2) is 67.1 Å². The maximum Gasteiger partial charge on any atom is 0.417 e. The van der Waals surface area contributed by atoms with Crippen molar-refractivity contribution in [1.29, 1.82) is 0 Å². The van der Waals surface area contributed by atoms with Crippen LogP contribution in [0.5, 0.6) is 5.75 Å². The number of ether oxygens (including phenoxy) is 1. The van der Waals surface area contributed by atoms with Gasteiger partial charge in [0.05, 0.1) is 35.8 Å². The smallest absolute Gasteiger partial charge is 0.417 e. The van der Waals surface area contributed by atoms with E-state index >= 15 is 0 Å². The predicted molar refractivity (Wildman–Crippen MR) is 150 cm³/mol. The Labute approximate surface area is 248 Å². The summed E-state index contributed by atoms with van der Waals surface area (Å²) >= 11 is 0. The van der Waals surface area contributed by atoms with Gasteiger partial charge in [0.2, 0.25) is 0 Å². The maximum absolute atomic E-state index is 14.4. The number of fused-ring (bicyclic) bond motifs is 1. The van der Waals surface area contributed by atoms with E-state index in [0.29, 0.717) is 6.42 Å². The number of hydrogen-bond acceptors (Lipinski definition) is 6. The minimum atomic E-state index is -4.70. The molecular formula is C31H26F5N5O3. The monoisotopic (exact) mass is 611 g/mol. The largest absolute Gasteiger partial charge is 0.494 e. The summed E-state index contributed by atoms with van der Waals surface area (Å²) in [6.45, 7) is 5.38. The van der Waals surface area contributed by atoms with Crippen LogP contribution in [-0.2, 0) is 16.5 Å². The van der Waals surface area contributed by atoms with Gasteiger partial charge in [0.1, 0.15) is 17.1 Å². The molecule has 0 fully saturated rings. The van der Waals surface area contributed by atoms with E-state index in [-0.39, 0.29) is 52.0 Å². The fraction of sp³-hybridized carbons (Fsp3) is 0.258. The number of carboxylic acids is 1. The Kier molecular flexibility index (Phi) is 8.06. The van der Waals surface area contributed by atoms with Crippen molar-refractivity contribution in [3.8, 4) is 39.8 Å². The molecule has 1 N–H and O–H groups in total. The third-order valence-electron chi connectivity index (χ3n) is 7.23. The first-order chi connectivity index (χ1) is 20.9. The third kappa shape index (κ3) is 5.33. The normalized spacial score (nSPS) is 13.3. The molecule has 0 radical (unpaired) electrons. The number of carboxylic acid groups (broad SMARTS) is 1. The molecule has 3 heterocycles. The zero-order chi connectivity index (χ0) is 31.8. The summed E-state index contributed by atoms with van der Waals surface area (Å²) in [7, 11) is 0. The Morgan fingerprint density at radius 2 is 1.73 bits per heavy atom. The van der Waals surface area contributed by atoms with Crippen LogP contribution in [0.4, 0.5) is 22.0 Å². The number of halogens is 5. The molecule has 1 atom stereocenters. The van der Waals surface area contributed by atoms with Gasteiger partial charge in [-0.15, -0.1) is 0 Å². The molecule has 1 aromatic heterocycles. The van der Waals surface area contributed by atoms with Gasteiger partial charge in [-0.3, -0.25) is 4.98 Å². The molecule has 2 aliphatic heterocycles. The fourth-order valence-electron chi connectivity index (χ4n) is 5.08. The summed E-state index contributed by atoms with van der Waals surface area (Å²) in [4.78, 5) is 25.7. The zero-order valence-electron chi connectivity index (χ0n) is 23.7. The molecular weight excluding hydrogens is 585 g/mol. The van der Waals surface area contributed by atoms with Crippen molar-refractivity contribution < 1.29 is 36.6 Å². The highest BCUT2D eigenvalue weighted by Gasteiger charge is 2.47. The van der Waals surface area contributed by atoms with E-state index in [4.69, 9.17) is 4.74 Å². The van der Waals surface area contributed by atoms with Crippen LogP contribution in [0.25, 0.3) is 34.0 Å². The number of imidazole rings is 1. The highest BCUT2D eigenvalue weighted by atomic mass is 19.4. The van der Waals surface area contributed by atoms with E-state index in [1.807, 2.05) is 6.92 Å². The molecule has 2 aliphatic rings. The lowest BCUT2D eigenvalue weighted by atomic mass is 9.80. The molecule has 5 rings (SSSR count). The lowest BCUT2D eigenvalue weighted by Gasteiger charge is -2.35. The first-order valence-corrected chi connectivity index (χ1v) is 13.6. The topological polar surface area (TPSA) is 103 Å². The average Bonchev–Trinajstić information content (AvgIpc) is 3.41. The zero-order valence-corrected chi connectivity index (χ0v) is 23.7. The van der Waals surface area contributed by atoms with Gasteiger partial charge in [0, 0.05) is 17.3 Å². The summed E-state index contributed by atoms with van der Waals surface area (Å²) < 4.78 is 76.7. The Morgan fingerprint density at radius 3 is 2.36 bits per heavy atom. The minimum Gasteiger partial charge on any atom is -0.494 e. The fourth-order valence-corrected chi connectivity index (χ4v) is 5.08. The molecule has 0 saturated carbocycles. The Bertz CT molecular complexity index is 1790. The number of nitrogens with zero attached hydrogens (tertiary/aromatic N) is 5.